The molecule has 0 aromatic heterocycles. The molecular formula is C11H21N3O. The number of rotatable bonds is 2. The zero-order valence-electron chi connectivity index (χ0n) is 9.37. The van der Waals surface area contributed by atoms with Crippen LogP contribution in [0.5, 0.6) is 0 Å². The van der Waals surface area contributed by atoms with Crippen LogP contribution >= 0.6 is 0 Å². The fourth-order valence-electron chi connectivity index (χ4n) is 2.33. The Balaban J connectivity index is 1.77. The van der Waals surface area contributed by atoms with E-state index in [0.29, 0.717) is 12.5 Å². The van der Waals surface area contributed by atoms with E-state index in [1.807, 2.05) is 4.90 Å². The smallest absolute Gasteiger partial charge is 0.236 e. The summed E-state index contributed by atoms with van der Waals surface area (Å²) < 4.78 is 0. The molecule has 0 saturated carbocycles. The van der Waals surface area contributed by atoms with Gasteiger partial charge in [0.2, 0.25) is 5.91 Å². The molecule has 0 radical (unpaired) electrons. The van der Waals surface area contributed by atoms with Gasteiger partial charge in [0.05, 0.1) is 6.54 Å². The quantitative estimate of drug-likeness (QED) is 0.693. The Morgan fingerprint density at radius 2 is 1.80 bits per heavy atom. The SMILES string of the molecule is O=C(CN1CCCC1)N1CCCNCC1. The van der Waals surface area contributed by atoms with E-state index in [9.17, 15) is 4.79 Å². The third kappa shape index (κ3) is 3.18. The topological polar surface area (TPSA) is 35.6 Å². The van der Waals surface area contributed by atoms with Crippen molar-refractivity contribution in [1.82, 2.24) is 15.1 Å². The highest BCUT2D eigenvalue weighted by Gasteiger charge is 2.20. The van der Waals surface area contributed by atoms with Crippen LogP contribution in [0.25, 0.3) is 0 Å². The predicted octanol–water partition coefficient (Wildman–Crippen LogP) is -0.0959. The van der Waals surface area contributed by atoms with Gasteiger partial charge >= 0.3 is 0 Å². The minimum Gasteiger partial charge on any atom is -0.340 e. The fourth-order valence-corrected chi connectivity index (χ4v) is 2.33. The number of nitrogens with zero attached hydrogens (tertiary/aromatic N) is 2. The summed E-state index contributed by atoms with van der Waals surface area (Å²) in [6, 6.07) is 0. The Hall–Kier alpha value is -0.610. The van der Waals surface area contributed by atoms with Gasteiger partial charge in [-0.2, -0.15) is 0 Å². The lowest BCUT2D eigenvalue weighted by molar-refractivity contribution is -0.132. The molecular weight excluding hydrogens is 190 g/mol. The average molecular weight is 211 g/mol. The Morgan fingerprint density at radius 3 is 2.60 bits per heavy atom. The van der Waals surface area contributed by atoms with Gasteiger partial charge in [0.1, 0.15) is 0 Å². The maximum atomic E-state index is 12.0. The summed E-state index contributed by atoms with van der Waals surface area (Å²) in [5.41, 5.74) is 0. The molecule has 0 unspecified atom stereocenters. The molecule has 2 saturated heterocycles. The first-order valence-corrected chi connectivity index (χ1v) is 6.07. The fraction of sp³-hybridized carbons (Fsp3) is 0.909. The number of nitrogens with one attached hydrogen (secondary N) is 1. The minimum absolute atomic E-state index is 0.320. The van der Waals surface area contributed by atoms with Gasteiger partial charge < -0.3 is 10.2 Å². The van der Waals surface area contributed by atoms with E-state index in [-0.39, 0.29) is 0 Å². The van der Waals surface area contributed by atoms with Crippen molar-refractivity contribution in [3.05, 3.63) is 0 Å². The lowest BCUT2D eigenvalue weighted by Gasteiger charge is -2.23. The van der Waals surface area contributed by atoms with E-state index < -0.39 is 0 Å². The van der Waals surface area contributed by atoms with Gasteiger partial charge in [-0.15, -0.1) is 0 Å². The van der Waals surface area contributed by atoms with Crippen LogP contribution in [-0.4, -0.2) is 61.5 Å². The van der Waals surface area contributed by atoms with Crippen LogP contribution in [0.1, 0.15) is 19.3 Å². The second-order valence-corrected chi connectivity index (χ2v) is 4.47. The maximum Gasteiger partial charge on any atom is 0.236 e. The molecule has 86 valence electrons. The summed E-state index contributed by atoms with van der Waals surface area (Å²) in [4.78, 5) is 16.3. The van der Waals surface area contributed by atoms with Crippen LogP contribution in [0.15, 0.2) is 0 Å². The molecule has 15 heavy (non-hydrogen) atoms. The summed E-state index contributed by atoms with van der Waals surface area (Å²) in [6.45, 7) is 6.67. The highest BCUT2D eigenvalue weighted by atomic mass is 16.2. The number of likely N-dealkylation sites (tertiary alicyclic amines) is 1. The summed E-state index contributed by atoms with van der Waals surface area (Å²) in [6.07, 6.45) is 3.61. The van der Waals surface area contributed by atoms with Gasteiger partial charge in [-0.3, -0.25) is 9.69 Å². The standard InChI is InChI=1S/C11H21N3O/c15-11(10-13-6-1-2-7-13)14-8-3-4-12-5-9-14/h12H,1-10H2. The molecule has 0 aliphatic carbocycles. The van der Waals surface area contributed by atoms with E-state index in [4.69, 9.17) is 0 Å². The highest BCUT2D eigenvalue weighted by Crippen LogP contribution is 2.07. The molecule has 0 atom stereocenters. The third-order valence-electron chi connectivity index (χ3n) is 3.25. The summed E-state index contributed by atoms with van der Waals surface area (Å²) >= 11 is 0. The Morgan fingerprint density at radius 1 is 1.00 bits per heavy atom. The minimum atomic E-state index is 0.320. The number of hydrogen-bond donors (Lipinski definition) is 1. The van der Waals surface area contributed by atoms with Gasteiger partial charge in [-0.05, 0) is 38.9 Å². The second kappa shape index (κ2) is 5.47. The van der Waals surface area contributed by atoms with Crippen LogP contribution in [0.4, 0.5) is 0 Å². The molecule has 2 rings (SSSR count). The Kier molecular flexibility index (Phi) is 3.97. The van der Waals surface area contributed by atoms with E-state index in [2.05, 4.69) is 10.2 Å². The van der Waals surface area contributed by atoms with Gasteiger partial charge in [0.25, 0.3) is 0 Å². The molecule has 0 spiro atoms. The van der Waals surface area contributed by atoms with Crippen LogP contribution in [0.2, 0.25) is 0 Å². The highest BCUT2D eigenvalue weighted by molar-refractivity contribution is 5.78. The molecule has 2 aliphatic rings. The Labute approximate surface area is 91.6 Å². The van der Waals surface area contributed by atoms with Crippen molar-refractivity contribution in [3.63, 3.8) is 0 Å². The molecule has 4 heteroatoms. The first-order chi connectivity index (χ1) is 7.36. The largest absolute Gasteiger partial charge is 0.340 e. The van der Waals surface area contributed by atoms with E-state index in [1.54, 1.807) is 0 Å². The molecule has 2 aliphatic heterocycles. The molecule has 0 aromatic carbocycles. The van der Waals surface area contributed by atoms with Crippen molar-refractivity contribution in [3.8, 4) is 0 Å². The summed E-state index contributed by atoms with van der Waals surface area (Å²) in [5.74, 6) is 0.320. The molecule has 0 bridgehead atoms. The van der Waals surface area contributed by atoms with Crippen molar-refractivity contribution in [2.24, 2.45) is 0 Å². The second-order valence-electron chi connectivity index (χ2n) is 4.47. The van der Waals surface area contributed by atoms with E-state index >= 15 is 0 Å². The van der Waals surface area contributed by atoms with Gasteiger partial charge in [-0.1, -0.05) is 0 Å². The van der Waals surface area contributed by atoms with Crippen LogP contribution in [-0.2, 0) is 4.79 Å². The number of carbonyl (C=O) groups is 1. The van der Waals surface area contributed by atoms with E-state index in [1.165, 1.54) is 12.8 Å². The first kappa shape index (κ1) is 10.9. The predicted molar refractivity (Wildman–Crippen MR) is 59.7 cm³/mol. The van der Waals surface area contributed by atoms with Crippen LogP contribution in [0.3, 0.4) is 0 Å². The van der Waals surface area contributed by atoms with Crippen molar-refractivity contribution in [2.75, 3.05) is 45.8 Å². The zero-order chi connectivity index (χ0) is 10.5. The van der Waals surface area contributed by atoms with Gasteiger partial charge in [-0.25, -0.2) is 0 Å². The molecule has 2 heterocycles. The Bertz CT molecular complexity index is 206. The van der Waals surface area contributed by atoms with Crippen molar-refractivity contribution in [1.29, 1.82) is 0 Å². The average Bonchev–Trinajstić information content (AvgIpc) is 2.58. The number of hydrogen-bond acceptors (Lipinski definition) is 3. The normalized spacial score (nSPS) is 24.1. The van der Waals surface area contributed by atoms with Crippen LogP contribution < -0.4 is 5.32 Å². The van der Waals surface area contributed by atoms with Gasteiger partial charge in [0, 0.05) is 19.6 Å². The summed E-state index contributed by atoms with van der Waals surface area (Å²) in [7, 11) is 0. The summed E-state index contributed by atoms with van der Waals surface area (Å²) in [5, 5.41) is 3.32. The first-order valence-electron chi connectivity index (χ1n) is 6.07. The zero-order valence-corrected chi connectivity index (χ0v) is 9.37. The lowest BCUT2D eigenvalue weighted by atomic mass is 10.3. The third-order valence-corrected chi connectivity index (χ3v) is 3.25. The molecule has 2 fully saturated rings. The molecule has 0 aromatic rings. The van der Waals surface area contributed by atoms with Crippen LogP contribution in [0, 0.1) is 0 Å². The van der Waals surface area contributed by atoms with Crippen molar-refractivity contribution in [2.45, 2.75) is 19.3 Å². The number of amides is 1. The molecule has 1 N–H and O–H groups in total. The van der Waals surface area contributed by atoms with Crippen molar-refractivity contribution >= 4 is 5.91 Å². The lowest BCUT2D eigenvalue weighted by Crippen LogP contribution is -2.41. The van der Waals surface area contributed by atoms with Crippen molar-refractivity contribution < 1.29 is 4.79 Å². The van der Waals surface area contributed by atoms with Gasteiger partial charge in [0.15, 0.2) is 0 Å². The monoisotopic (exact) mass is 211 g/mol. The molecule has 4 nitrogen and oxygen atoms in total. The van der Waals surface area contributed by atoms with E-state index in [0.717, 1.165) is 45.7 Å². The number of carbonyl (C=O) groups excluding carboxylic acids is 1. The molecule has 1 amide bonds. The maximum absolute atomic E-state index is 12.0.